The first-order valence-corrected chi connectivity index (χ1v) is 4.78. The molecule has 0 aromatic rings. The number of amides is 1. The summed E-state index contributed by atoms with van der Waals surface area (Å²) in [5.41, 5.74) is 5.25. The molecule has 1 amide bonds. The SMILES string of the molecule is CC1CC(C(=O)O)CCN1C(=O)CN. The number of hydrogen-bond donors (Lipinski definition) is 2. The van der Waals surface area contributed by atoms with Gasteiger partial charge in [-0.05, 0) is 19.8 Å². The molecule has 5 nitrogen and oxygen atoms in total. The van der Waals surface area contributed by atoms with E-state index >= 15 is 0 Å². The van der Waals surface area contributed by atoms with Crippen LogP contribution in [0.5, 0.6) is 0 Å². The van der Waals surface area contributed by atoms with Gasteiger partial charge in [0.1, 0.15) is 0 Å². The van der Waals surface area contributed by atoms with Crippen LogP contribution in [0.4, 0.5) is 0 Å². The van der Waals surface area contributed by atoms with Crippen molar-refractivity contribution in [3.63, 3.8) is 0 Å². The third kappa shape index (κ3) is 2.23. The van der Waals surface area contributed by atoms with Gasteiger partial charge in [-0.2, -0.15) is 0 Å². The van der Waals surface area contributed by atoms with Gasteiger partial charge in [0.25, 0.3) is 0 Å². The van der Waals surface area contributed by atoms with Crippen LogP contribution in [0.2, 0.25) is 0 Å². The maximum absolute atomic E-state index is 11.3. The lowest BCUT2D eigenvalue weighted by atomic mass is 9.92. The lowest BCUT2D eigenvalue weighted by Crippen LogP contribution is -2.48. The van der Waals surface area contributed by atoms with Crippen molar-refractivity contribution >= 4 is 11.9 Å². The van der Waals surface area contributed by atoms with Crippen LogP contribution in [0.15, 0.2) is 0 Å². The van der Waals surface area contributed by atoms with Gasteiger partial charge in [-0.3, -0.25) is 9.59 Å². The first kappa shape index (κ1) is 11.0. The predicted molar refractivity (Wildman–Crippen MR) is 50.6 cm³/mol. The van der Waals surface area contributed by atoms with E-state index in [1.807, 2.05) is 6.92 Å². The molecule has 1 heterocycles. The smallest absolute Gasteiger partial charge is 0.306 e. The van der Waals surface area contributed by atoms with E-state index in [2.05, 4.69) is 0 Å². The summed E-state index contributed by atoms with van der Waals surface area (Å²) in [6, 6.07) is -0.0131. The molecule has 0 aromatic carbocycles. The summed E-state index contributed by atoms with van der Waals surface area (Å²) < 4.78 is 0. The van der Waals surface area contributed by atoms with Gasteiger partial charge in [0, 0.05) is 12.6 Å². The molecular weight excluding hydrogens is 184 g/mol. The molecule has 14 heavy (non-hydrogen) atoms. The average molecular weight is 200 g/mol. The Morgan fingerprint density at radius 1 is 1.57 bits per heavy atom. The number of nitrogens with two attached hydrogens (primary N) is 1. The Bertz CT molecular complexity index is 242. The Morgan fingerprint density at radius 3 is 2.64 bits per heavy atom. The van der Waals surface area contributed by atoms with E-state index in [1.54, 1.807) is 4.90 Å². The molecule has 80 valence electrons. The molecule has 2 atom stereocenters. The minimum Gasteiger partial charge on any atom is -0.481 e. The molecule has 1 saturated heterocycles. The average Bonchev–Trinajstić information content (AvgIpc) is 2.16. The highest BCUT2D eigenvalue weighted by Crippen LogP contribution is 2.22. The second-order valence-electron chi connectivity index (χ2n) is 3.70. The number of aliphatic carboxylic acids is 1. The van der Waals surface area contributed by atoms with Crippen molar-refractivity contribution in [3.8, 4) is 0 Å². The summed E-state index contributed by atoms with van der Waals surface area (Å²) in [6.07, 6.45) is 1.06. The highest BCUT2D eigenvalue weighted by atomic mass is 16.4. The summed E-state index contributed by atoms with van der Waals surface area (Å²) in [4.78, 5) is 23.7. The zero-order valence-electron chi connectivity index (χ0n) is 8.27. The van der Waals surface area contributed by atoms with Gasteiger partial charge in [0.15, 0.2) is 0 Å². The molecule has 0 aliphatic carbocycles. The van der Waals surface area contributed by atoms with Crippen LogP contribution in [0.25, 0.3) is 0 Å². The third-order valence-electron chi connectivity index (χ3n) is 2.72. The van der Waals surface area contributed by atoms with Gasteiger partial charge in [0.05, 0.1) is 12.5 Å². The van der Waals surface area contributed by atoms with Crippen LogP contribution in [-0.4, -0.2) is 41.0 Å². The number of carboxylic acid groups (broad SMARTS) is 1. The summed E-state index contributed by atoms with van der Waals surface area (Å²) in [6.45, 7) is 2.37. The molecule has 0 bridgehead atoms. The van der Waals surface area contributed by atoms with Crippen LogP contribution >= 0.6 is 0 Å². The quantitative estimate of drug-likeness (QED) is 0.638. The Kier molecular flexibility index (Phi) is 3.46. The minimum atomic E-state index is -0.767. The molecule has 0 radical (unpaired) electrons. The molecule has 0 saturated carbocycles. The third-order valence-corrected chi connectivity index (χ3v) is 2.72. The molecule has 1 aliphatic heterocycles. The maximum Gasteiger partial charge on any atom is 0.306 e. The van der Waals surface area contributed by atoms with Crippen molar-refractivity contribution in [2.45, 2.75) is 25.8 Å². The van der Waals surface area contributed by atoms with Crippen LogP contribution in [0.3, 0.4) is 0 Å². The highest BCUT2D eigenvalue weighted by molar-refractivity contribution is 5.79. The van der Waals surface area contributed by atoms with Crippen molar-refractivity contribution in [1.82, 2.24) is 4.90 Å². The summed E-state index contributed by atoms with van der Waals surface area (Å²) in [7, 11) is 0. The van der Waals surface area contributed by atoms with E-state index in [9.17, 15) is 9.59 Å². The van der Waals surface area contributed by atoms with E-state index < -0.39 is 5.97 Å². The molecule has 0 aromatic heterocycles. The van der Waals surface area contributed by atoms with Crippen molar-refractivity contribution < 1.29 is 14.7 Å². The van der Waals surface area contributed by atoms with Crippen molar-refractivity contribution in [1.29, 1.82) is 0 Å². The molecule has 1 fully saturated rings. The fraction of sp³-hybridized carbons (Fsp3) is 0.778. The second-order valence-corrected chi connectivity index (χ2v) is 3.70. The molecule has 1 rings (SSSR count). The predicted octanol–water partition coefficient (Wildman–Crippen LogP) is -0.343. The number of rotatable bonds is 2. The van der Waals surface area contributed by atoms with Crippen molar-refractivity contribution in [3.05, 3.63) is 0 Å². The van der Waals surface area contributed by atoms with Crippen LogP contribution < -0.4 is 5.73 Å². The largest absolute Gasteiger partial charge is 0.481 e. The highest BCUT2D eigenvalue weighted by Gasteiger charge is 2.31. The Hall–Kier alpha value is -1.10. The summed E-state index contributed by atoms with van der Waals surface area (Å²) in [5.74, 6) is -1.18. The normalized spacial score (nSPS) is 27.4. The molecule has 5 heteroatoms. The van der Waals surface area contributed by atoms with Gasteiger partial charge >= 0.3 is 5.97 Å². The standard InChI is InChI=1S/C9H16N2O3/c1-6-4-7(9(13)14)2-3-11(6)8(12)5-10/h6-7H,2-5,10H2,1H3,(H,13,14). The molecule has 1 aliphatic rings. The van der Waals surface area contributed by atoms with Crippen LogP contribution in [0, 0.1) is 5.92 Å². The fourth-order valence-electron chi connectivity index (χ4n) is 1.88. The molecule has 0 spiro atoms. The minimum absolute atomic E-state index is 0.00206. The van der Waals surface area contributed by atoms with Crippen LogP contribution in [-0.2, 0) is 9.59 Å². The monoisotopic (exact) mass is 200 g/mol. The molecule has 2 unspecified atom stereocenters. The Morgan fingerprint density at radius 2 is 2.21 bits per heavy atom. The Balaban J connectivity index is 2.56. The first-order valence-electron chi connectivity index (χ1n) is 4.78. The maximum atomic E-state index is 11.3. The van der Waals surface area contributed by atoms with Gasteiger partial charge < -0.3 is 15.7 Å². The van der Waals surface area contributed by atoms with E-state index in [-0.39, 0.29) is 24.4 Å². The van der Waals surface area contributed by atoms with E-state index in [1.165, 1.54) is 0 Å². The van der Waals surface area contributed by atoms with E-state index in [0.29, 0.717) is 19.4 Å². The molecular formula is C9H16N2O3. The second kappa shape index (κ2) is 4.41. The zero-order chi connectivity index (χ0) is 10.7. The number of piperidine rings is 1. The summed E-state index contributed by atoms with van der Waals surface area (Å²) >= 11 is 0. The topological polar surface area (TPSA) is 83.6 Å². The number of carbonyl (C=O) groups is 2. The van der Waals surface area contributed by atoms with E-state index in [4.69, 9.17) is 10.8 Å². The lowest BCUT2D eigenvalue weighted by Gasteiger charge is -2.36. The van der Waals surface area contributed by atoms with Gasteiger partial charge in [-0.1, -0.05) is 0 Å². The number of hydrogen-bond acceptors (Lipinski definition) is 3. The zero-order valence-corrected chi connectivity index (χ0v) is 8.27. The van der Waals surface area contributed by atoms with Gasteiger partial charge in [-0.15, -0.1) is 0 Å². The fourth-order valence-corrected chi connectivity index (χ4v) is 1.88. The lowest BCUT2D eigenvalue weighted by molar-refractivity contribution is -0.147. The number of carbonyl (C=O) groups excluding carboxylic acids is 1. The van der Waals surface area contributed by atoms with E-state index in [0.717, 1.165) is 0 Å². The summed E-state index contributed by atoms with van der Waals surface area (Å²) in [5, 5.41) is 8.81. The van der Waals surface area contributed by atoms with Crippen molar-refractivity contribution in [2.75, 3.05) is 13.1 Å². The van der Waals surface area contributed by atoms with Gasteiger partial charge in [0.2, 0.25) is 5.91 Å². The first-order chi connectivity index (χ1) is 6.56. The van der Waals surface area contributed by atoms with Crippen LogP contribution in [0.1, 0.15) is 19.8 Å². The number of carboxylic acids is 1. The Labute approximate surface area is 82.9 Å². The molecule has 3 N–H and O–H groups in total. The van der Waals surface area contributed by atoms with Gasteiger partial charge in [-0.25, -0.2) is 0 Å². The number of nitrogens with zero attached hydrogens (tertiary/aromatic N) is 1. The number of likely N-dealkylation sites (tertiary alicyclic amines) is 1. The van der Waals surface area contributed by atoms with Crippen molar-refractivity contribution in [2.24, 2.45) is 11.7 Å².